The van der Waals surface area contributed by atoms with E-state index in [-0.39, 0.29) is 28.5 Å². The van der Waals surface area contributed by atoms with Crippen molar-refractivity contribution in [1.82, 2.24) is 0 Å². The van der Waals surface area contributed by atoms with Crippen molar-refractivity contribution in [2.75, 3.05) is 18.5 Å². The Morgan fingerprint density at radius 1 is 1.14 bits per heavy atom. The molecule has 1 fully saturated rings. The second-order valence-corrected chi connectivity index (χ2v) is 6.72. The lowest BCUT2D eigenvalue weighted by atomic mass is 10.1. The molecule has 1 saturated heterocycles. The quantitative estimate of drug-likeness (QED) is 0.685. The van der Waals surface area contributed by atoms with Crippen LogP contribution in [0.2, 0.25) is 0 Å². The maximum absolute atomic E-state index is 13.7. The molecule has 1 aliphatic rings. The highest BCUT2D eigenvalue weighted by Crippen LogP contribution is 2.32. The summed E-state index contributed by atoms with van der Waals surface area (Å²) in [4.78, 5) is 24.5. The number of carbonyl (C=O) groups is 2. The first-order chi connectivity index (χ1) is 14.0. The minimum absolute atomic E-state index is 0.0318. The highest BCUT2D eigenvalue weighted by Gasteiger charge is 2.22. The largest absolute Gasteiger partial charge is 0.490 e. The molecular weight excluding hydrogens is 379 g/mol. The third kappa shape index (κ3) is 4.07. The van der Waals surface area contributed by atoms with Crippen LogP contribution in [0.5, 0.6) is 5.75 Å². The number of primary amides is 1. The van der Waals surface area contributed by atoms with Crippen LogP contribution in [0.4, 0.5) is 10.1 Å². The maximum atomic E-state index is 13.7. The Morgan fingerprint density at radius 2 is 1.93 bits per heavy atom. The molecule has 2 aromatic carbocycles. The zero-order valence-electron chi connectivity index (χ0n) is 15.4. The van der Waals surface area contributed by atoms with Crippen LogP contribution in [0.3, 0.4) is 0 Å². The predicted octanol–water partition coefficient (Wildman–Crippen LogP) is 3.48. The van der Waals surface area contributed by atoms with Crippen LogP contribution in [-0.4, -0.2) is 31.1 Å². The Labute approximate surface area is 165 Å². The van der Waals surface area contributed by atoms with Crippen LogP contribution in [0.25, 0.3) is 11.0 Å². The van der Waals surface area contributed by atoms with E-state index in [9.17, 15) is 14.0 Å². The van der Waals surface area contributed by atoms with Crippen molar-refractivity contribution in [3.05, 3.63) is 59.6 Å². The summed E-state index contributed by atoms with van der Waals surface area (Å²) in [5.74, 6) is -1.58. The van der Waals surface area contributed by atoms with Crippen molar-refractivity contribution >= 4 is 28.5 Å². The molecule has 2 heterocycles. The minimum atomic E-state index is -0.867. The van der Waals surface area contributed by atoms with Gasteiger partial charge in [-0.2, -0.15) is 0 Å². The number of hydrogen-bond acceptors (Lipinski definition) is 5. The molecule has 8 heteroatoms. The number of nitrogens with one attached hydrogen (secondary N) is 1. The van der Waals surface area contributed by atoms with Gasteiger partial charge in [0, 0.05) is 23.8 Å². The van der Waals surface area contributed by atoms with E-state index >= 15 is 0 Å². The Balaban J connectivity index is 1.59. The van der Waals surface area contributed by atoms with Crippen molar-refractivity contribution in [2.45, 2.75) is 18.9 Å². The fraction of sp³-hybridized carbons (Fsp3) is 0.238. The van der Waals surface area contributed by atoms with Gasteiger partial charge in [0.05, 0.1) is 13.2 Å². The molecule has 150 valence electrons. The lowest BCUT2D eigenvalue weighted by Crippen LogP contribution is -2.26. The SMILES string of the molecule is NC(=O)c1oc2ccc(F)cc2c1NC(=O)c1cccc(OC2CCOCC2)c1. The molecular formula is C21H19FN2O5. The molecule has 0 aliphatic carbocycles. The van der Waals surface area contributed by atoms with Crippen LogP contribution in [0.1, 0.15) is 33.8 Å². The number of anilines is 1. The molecule has 3 N–H and O–H groups in total. The molecule has 0 saturated carbocycles. The fourth-order valence-electron chi connectivity index (χ4n) is 3.25. The lowest BCUT2D eigenvalue weighted by Gasteiger charge is -2.23. The number of nitrogens with two attached hydrogens (primary N) is 1. The number of amides is 2. The van der Waals surface area contributed by atoms with Gasteiger partial charge >= 0.3 is 0 Å². The summed E-state index contributed by atoms with van der Waals surface area (Å²) in [5, 5.41) is 2.87. The Morgan fingerprint density at radius 3 is 2.69 bits per heavy atom. The number of hydrogen-bond donors (Lipinski definition) is 2. The first kappa shape index (κ1) is 18.9. The molecule has 0 spiro atoms. The lowest BCUT2D eigenvalue weighted by molar-refractivity contribution is 0.0255. The normalized spacial score (nSPS) is 14.7. The Hall–Kier alpha value is -3.39. The number of fused-ring (bicyclic) bond motifs is 1. The smallest absolute Gasteiger partial charge is 0.286 e. The molecule has 4 rings (SSSR count). The molecule has 3 aromatic rings. The van der Waals surface area contributed by atoms with E-state index in [4.69, 9.17) is 19.6 Å². The van der Waals surface area contributed by atoms with Crippen LogP contribution >= 0.6 is 0 Å². The molecule has 2 amide bonds. The molecule has 1 aliphatic heterocycles. The third-order valence-electron chi connectivity index (χ3n) is 4.68. The number of furan rings is 1. The summed E-state index contributed by atoms with van der Waals surface area (Å²) in [5.41, 5.74) is 5.94. The first-order valence-electron chi connectivity index (χ1n) is 9.19. The third-order valence-corrected chi connectivity index (χ3v) is 4.68. The number of benzene rings is 2. The van der Waals surface area contributed by atoms with Crippen LogP contribution in [0.15, 0.2) is 46.9 Å². The van der Waals surface area contributed by atoms with E-state index in [0.29, 0.717) is 24.5 Å². The van der Waals surface area contributed by atoms with Crippen molar-refractivity contribution in [1.29, 1.82) is 0 Å². The Bertz CT molecular complexity index is 1070. The second kappa shape index (κ2) is 7.92. The highest BCUT2D eigenvalue weighted by molar-refractivity contribution is 6.14. The van der Waals surface area contributed by atoms with Gasteiger partial charge in [-0.1, -0.05) is 6.07 Å². The fourth-order valence-corrected chi connectivity index (χ4v) is 3.25. The summed E-state index contributed by atoms with van der Waals surface area (Å²) in [6, 6.07) is 10.4. The zero-order valence-corrected chi connectivity index (χ0v) is 15.4. The molecule has 0 atom stereocenters. The molecule has 0 unspecified atom stereocenters. The van der Waals surface area contributed by atoms with Gasteiger partial charge in [0.25, 0.3) is 11.8 Å². The van der Waals surface area contributed by atoms with Gasteiger partial charge in [-0.3, -0.25) is 9.59 Å². The minimum Gasteiger partial charge on any atom is -0.490 e. The monoisotopic (exact) mass is 398 g/mol. The van der Waals surface area contributed by atoms with E-state index in [0.717, 1.165) is 12.8 Å². The highest BCUT2D eigenvalue weighted by atomic mass is 19.1. The topological polar surface area (TPSA) is 104 Å². The van der Waals surface area contributed by atoms with Gasteiger partial charge in [0.15, 0.2) is 0 Å². The second-order valence-electron chi connectivity index (χ2n) is 6.72. The number of halogens is 1. The van der Waals surface area contributed by atoms with Crippen LogP contribution in [0, 0.1) is 5.82 Å². The predicted molar refractivity (Wildman–Crippen MR) is 104 cm³/mol. The number of ether oxygens (including phenoxy) is 2. The molecule has 29 heavy (non-hydrogen) atoms. The van der Waals surface area contributed by atoms with Gasteiger partial charge in [0.2, 0.25) is 5.76 Å². The number of carbonyl (C=O) groups excluding carboxylic acids is 2. The molecule has 0 bridgehead atoms. The summed E-state index contributed by atoms with van der Waals surface area (Å²) in [7, 11) is 0. The molecule has 7 nitrogen and oxygen atoms in total. The van der Waals surface area contributed by atoms with E-state index in [1.54, 1.807) is 24.3 Å². The molecule has 1 aromatic heterocycles. The van der Waals surface area contributed by atoms with Gasteiger partial charge in [0.1, 0.15) is 28.9 Å². The van der Waals surface area contributed by atoms with Gasteiger partial charge in [-0.15, -0.1) is 0 Å². The van der Waals surface area contributed by atoms with Crippen molar-refractivity contribution < 1.29 is 27.9 Å². The van der Waals surface area contributed by atoms with Crippen molar-refractivity contribution in [3.8, 4) is 5.75 Å². The van der Waals surface area contributed by atoms with E-state index in [2.05, 4.69) is 5.32 Å². The van der Waals surface area contributed by atoms with Crippen molar-refractivity contribution in [3.63, 3.8) is 0 Å². The summed E-state index contributed by atoms with van der Waals surface area (Å²) in [6.45, 7) is 1.29. The van der Waals surface area contributed by atoms with E-state index < -0.39 is 17.6 Å². The summed E-state index contributed by atoms with van der Waals surface area (Å²) >= 11 is 0. The van der Waals surface area contributed by atoms with E-state index in [1.807, 2.05) is 0 Å². The zero-order chi connectivity index (χ0) is 20.4. The average molecular weight is 398 g/mol. The van der Waals surface area contributed by atoms with E-state index in [1.165, 1.54) is 18.2 Å². The van der Waals surface area contributed by atoms with Crippen molar-refractivity contribution in [2.24, 2.45) is 5.73 Å². The molecule has 0 radical (unpaired) electrons. The average Bonchev–Trinajstić information content (AvgIpc) is 3.07. The maximum Gasteiger partial charge on any atom is 0.286 e. The summed E-state index contributed by atoms with van der Waals surface area (Å²) in [6.07, 6.45) is 1.60. The number of rotatable bonds is 5. The Kier molecular flexibility index (Phi) is 5.18. The van der Waals surface area contributed by atoms with Gasteiger partial charge in [-0.05, 0) is 36.4 Å². The van der Waals surface area contributed by atoms with Gasteiger partial charge < -0.3 is 24.9 Å². The first-order valence-corrected chi connectivity index (χ1v) is 9.19. The van der Waals surface area contributed by atoms with Crippen LogP contribution in [-0.2, 0) is 4.74 Å². The van der Waals surface area contributed by atoms with Crippen LogP contribution < -0.4 is 15.8 Å². The summed E-state index contributed by atoms with van der Waals surface area (Å²) < 4.78 is 30.3. The standard InChI is InChI=1S/C21H19FN2O5/c22-13-4-5-17-16(11-13)18(19(29-17)20(23)25)24-21(26)12-2-1-3-15(10-12)28-14-6-8-27-9-7-14/h1-5,10-11,14H,6-9H2,(H2,23,25)(H,24,26). The van der Waals surface area contributed by atoms with Gasteiger partial charge in [-0.25, -0.2) is 4.39 Å².